The van der Waals surface area contributed by atoms with Crippen molar-refractivity contribution in [3.8, 4) is 0 Å². The van der Waals surface area contributed by atoms with Crippen molar-refractivity contribution in [2.45, 2.75) is 39.4 Å². The van der Waals surface area contributed by atoms with Crippen molar-refractivity contribution in [2.24, 2.45) is 5.92 Å². The average molecular weight is 390 g/mol. The first-order chi connectivity index (χ1) is 11.8. The molecule has 0 bridgehead atoms. The molecule has 0 saturated heterocycles. The quantitative estimate of drug-likeness (QED) is 0.466. The summed E-state index contributed by atoms with van der Waals surface area (Å²) in [5.41, 5.74) is 0.373. The molecule has 0 unspecified atom stereocenters. The summed E-state index contributed by atoms with van der Waals surface area (Å²) in [4.78, 5) is 0. The molecule has 0 amide bonds. The zero-order valence-electron chi connectivity index (χ0n) is 14.9. The summed E-state index contributed by atoms with van der Waals surface area (Å²) in [5, 5.41) is 3.17. The second-order valence-corrected chi connectivity index (χ2v) is 6.61. The fourth-order valence-electron chi connectivity index (χ4n) is 2.77. The SMILES string of the molecule is CC(C)Cc1c(F)cc(CCNCc2ccccc2)cc1C(F)(F)F.Cl. The van der Waals surface area contributed by atoms with Gasteiger partial charge in [-0.15, -0.1) is 12.4 Å². The van der Waals surface area contributed by atoms with Gasteiger partial charge in [-0.05, 0) is 48.6 Å². The van der Waals surface area contributed by atoms with Crippen molar-refractivity contribution in [3.05, 3.63) is 70.5 Å². The normalized spacial score (nSPS) is 11.5. The number of nitrogens with one attached hydrogen (secondary N) is 1. The Balaban J connectivity index is 0.00000338. The van der Waals surface area contributed by atoms with Crippen LogP contribution >= 0.6 is 12.4 Å². The minimum Gasteiger partial charge on any atom is -0.312 e. The van der Waals surface area contributed by atoms with E-state index in [4.69, 9.17) is 0 Å². The summed E-state index contributed by atoms with van der Waals surface area (Å²) >= 11 is 0. The number of rotatable bonds is 7. The van der Waals surface area contributed by atoms with Crippen molar-refractivity contribution in [3.63, 3.8) is 0 Å². The zero-order valence-corrected chi connectivity index (χ0v) is 15.7. The lowest BCUT2D eigenvalue weighted by molar-refractivity contribution is -0.138. The molecule has 0 aliphatic carbocycles. The van der Waals surface area contributed by atoms with Crippen LogP contribution in [-0.2, 0) is 25.6 Å². The van der Waals surface area contributed by atoms with Gasteiger partial charge in [-0.2, -0.15) is 13.2 Å². The third kappa shape index (κ3) is 6.61. The van der Waals surface area contributed by atoms with Gasteiger partial charge < -0.3 is 5.32 Å². The summed E-state index contributed by atoms with van der Waals surface area (Å²) in [5.74, 6) is -0.810. The van der Waals surface area contributed by atoms with E-state index in [2.05, 4.69) is 5.32 Å². The van der Waals surface area contributed by atoms with Gasteiger partial charge in [-0.3, -0.25) is 0 Å². The second-order valence-electron chi connectivity index (χ2n) is 6.61. The Morgan fingerprint density at radius 2 is 1.65 bits per heavy atom. The van der Waals surface area contributed by atoms with Gasteiger partial charge in [0.25, 0.3) is 0 Å². The summed E-state index contributed by atoms with van der Waals surface area (Å²) in [6, 6.07) is 12.0. The third-order valence-corrected chi connectivity index (χ3v) is 3.94. The van der Waals surface area contributed by atoms with Gasteiger partial charge >= 0.3 is 6.18 Å². The highest BCUT2D eigenvalue weighted by molar-refractivity contribution is 5.85. The maximum atomic E-state index is 14.3. The topological polar surface area (TPSA) is 12.0 Å². The standard InChI is InChI=1S/C20H23F4N.ClH/c1-14(2)10-17-18(20(22,23)24)11-16(12-19(17)21)8-9-25-13-15-6-4-3-5-7-15;/h3-7,11-12,14,25H,8-10,13H2,1-2H3;1H. The monoisotopic (exact) mass is 389 g/mol. The first-order valence-corrected chi connectivity index (χ1v) is 8.40. The van der Waals surface area contributed by atoms with Gasteiger partial charge in [0.2, 0.25) is 0 Å². The van der Waals surface area contributed by atoms with Crippen LogP contribution in [0.3, 0.4) is 0 Å². The Hall–Kier alpha value is -1.59. The van der Waals surface area contributed by atoms with Gasteiger partial charge in [-0.25, -0.2) is 4.39 Å². The van der Waals surface area contributed by atoms with E-state index in [1.807, 2.05) is 30.3 Å². The molecule has 0 atom stereocenters. The number of hydrogen-bond donors (Lipinski definition) is 1. The average Bonchev–Trinajstić information content (AvgIpc) is 2.53. The number of halogens is 5. The molecule has 6 heteroatoms. The van der Waals surface area contributed by atoms with Crippen LogP contribution in [-0.4, -0.2) is 6.54 Å². The molecular formula is C20H24ClF4N. The molecule has 2 aromatic carbocycles. The smallest absolute Gasteiger partial charge is 0.312 e. The van der Waals surface area contributed by atoms with E-state index in [-0.39, 0.29) is 30.3 Å². The maximum Gasteiger partial charge on any atom is 0.416 e. The van der Waals surface area contributed by atoms with Gasteiger partial charge in [0.15, 0.2) is 0 Å². The maximum absolute atomic E-state index is 14.3. The molecule has 1 N–H and O–H groups in total. The Kier molecular flexibility index (Phi) is 8.57. The minimum atomic E-state index is -4.54. The Morgan fingerprint density at radius 3 is 2.23 bits per heavy atom. The molecule has 0 aliphatic rings. The molecule has 2 rings (SSSR count). The van der Waals surface area contributed by atoms with Crippen LogP contribution in [0.4, 0.5) is 17.6 Å². The minimum absolute atomic E-state index is 0. The number of hydrogen-bond acceptors (Lipinski definition) is 1. The van der Waals surface area contributed by atoms with Gasteiger partial charge in [-0.1, -0.05) is 44.2 Å². The van der Waals surface area contributed by atoms with Crippen LogP contribution in [0.2, 0.25) is 0 Å². The van der Waals surface area contributed by atoms with Crippen LogP contribution in [0.5, 0.6) is 0 Å². The van der Waals surface area contributed by atoms with Crippen LogP contribution < -0.4 is 5.32 Å². The molecule has 0 aliphatic heterocycles. The summed E-state index contributed by atoms with van der Waals surface area (Å²) < 4.78 is 54.1. The van der Waals surface area contributed by atoms with Crippen molar-refractivity contribution in [1.82, 2.24) is 5.32 Å². The van der Waals surface area contributed by atoms with E-state index < -0.39 is 17.6 Å². The van der Waals surface area contributed by atoms with Crippen LogP contribution in [0.25, 0.3) is 0 Å². The molecule has 0 fully saturated rings. The highest BCUT2D eigenvalue weighted by Gasteiger charge is 2.35. The Bertz CT molecular complexity index is 684. The molecule has 144 valence electrons. The molecule has 0 saturated carbocycles. The number of alkyl halides is 3. The highest BCUT2D eigenvalue weighted by atomic mass is 35.5. The highest BCUT2D eigenvalue weighted by Crippen LogP contribution is 2.35. The first kappa shape index (κ1) is 22.5. The fraction of sp³-hybridized carbons (Fsp3) is 0.400. The molecule has 0 aromatic heterocycles. The van der Waals surface area contributed by atoms with Crippen molar-refractivity contribution in [1.29, 1.82) is 0 Å². The van der Waals surface area contributed by atoms with Gasteiger partial charge in [0.1, 0.15) is 5.82 Å². The van der Waals surface area contributed by atoms with Gasteiger partial charge in [0, 0.05) is 12.1 Å². The van der Waals surface area contributed by atoms with Crippen LogP contribution in [0, 0.1) is 11.7 Å². The van der Waals surface area contributed by atoms with Crippen molar-refractivity contribution in [2.75, 3.05) is 6.54 Å². The van der Waals surface area contributed by atoms with E-state index in [1.165, 1.54) is 6.07 Å². The molecule has 26 heavy (non-hydrogen) atoms. The lowest BCUT2D eigenvalue weighted by Gasteiger charge is -2.17. The third-order valence-electron chi connectivity index (χ3n) is 3.94. The summed E-state index contributed by atoms with van der Waals surface area (Å²) in [6.07, 6.45) is -4.12. The molecular weight excluding hydrogens is 366 g/mol. The van der Waals surface area contributed by atoms with Crippen LogP contribution in [0.1, 0.15) is 36.1 Å². The molecule has 0 radical (unpaired) electrons. The zero-order chi connectivity index (χ0) is 18.4. The molecule has 0 spiro atoms. The van der Waals surface area contributed by atoms with Gasteiger partial charge in [0.05, 0.1) is 5.56 Å². The van der Waals surface area contributed by atoms with Crippen molar-refractivity contribution >= 4 is 12.4 Å². The fourth-order valence-corrected chi connectivity index (χ4v) is 2.77. The van der Waals surface area contributed by atoms with E-state index in [0.29, 0.717) is 25.1 Å². The predicted octanol–water partition coefficient (Wildman–Crippen LogP) is 5.80. The van der Waals surface area contributed by atoms with E-state index in [1.54, 1.807) is 13.8 Å². The largest absolute Gasteiger partial charge is 0.416 e. The molecule has 0 heterocycles. The number of benzene rings is 2. The Labute approximate surface area is 158 Å². The lowest BCUT2D eigenvalue weighted by Crippen LogP contribution is -2.18. The van der Waals surface area contributed by atoms with E-state index >= 15 is 0 Å². The van der Waals surface area contributed by atoms with Crippen LogP contribution in [0.15, 0.2) is 42.5 Å². The van der Waals surface area contributed by atoms with E-state index in [9.17, 15) is 17.6 Å². The Morgan fingerprint density at radius 1 is 1.00 bits per heavy atom. The first-order valence-electron chi connectivity index (χ1n) is 8.40. The summed E-state index contributed by atoms with van der Waals surface area (Å²) in [7, 11) is 0. The predicted molar refractivity (Wildman–Crippen MR) is 99.0 cm³/mol. The molecule has 2 aromatic rings. The summed E-state index contributed by atoms with van der Waals surface area (Å²) in [6.45, 7) is 4.66. The molecule has 1 nitrogen and oxygen atoms in total. The lowest BCUT2D eigenvalue weighted by atomic mass is 9.94. The van der Waals surface area contributed by atoms with Crippen molar-refractivity contribution < 1.29 is 17.6 Å². The second kappa shape index (κ2) is 9.93. The van der Waals surface area contributed by atoms with E-state index in [0.717, 1.165) is 11.6 Å².